The van der Waals surface area contributed by atoms with E-state index >= 15 is 0 Å². The summed E-state index contributed by atoms with van der Waals surface area (Å²) in [7, 11) is 3.76. The van der Waals surface area contributed by atoms with Crippen molar-refractivity contribution in [3.63, 3.8) is 0 Å². The van der Waals surface area contributed by atoms with Crippen molar-refractivity contribution in [2.24, 2.45) is 5.10 Å². The smallest absolute Gasteiger partial charge is 0.136 e. The molecule has 0 N–H and O–H groups in total. The van der Waals surface area contributed by atoms with Crippen molar-refractivity contribution >= 4 is 17.6 Å². The van der Waals surface area contributed by atoms with E-state index in [1.54, 1.807) is 28.8 Å². The summed E-state index contributed by atoms with van der Waals surface area (Å²) in [6, 6.07) is 0. The molecular formula is C6H9N3S. The van der Waals surface area contributed by atoms with Crippen LogP contribution in [0.25, 0.3) is 0 Å². The first-order valence-electron chi connectivity index (χ1n) is 2.90. The molecule has 1 heterocycles. The Bertz CT molecular complexity index is 203. The normalized spacial score (nSPS) is 10.6. The molecular weight excluding hydrogens is 146 g/mol. The predicted octanol–water partition coefficient (Wildman–Crippen LogP) is 1.04. The maximum absolute atomic E-state index is 4.03. The number of hydrazone groups is 1. The Balaban J connectivity index is 2.55. The van der Waals surface area contributed by atoms with Crippen LogP contribution in [0.1, 0.15) is 5.01 Å². The fourth-order valence-electron chi connectivity index (χ4n) is 0.463. The topological polar surface area (TPSA) is 28.5 Å². The number of hydrogen-bond acceptors (Lipinski definition) is 4. The monoisotopic (exact) mass is 155 g/mol. The Kier molecular flexibility index (Phi) is 2.39. The van der Waals surface area contributed by atoms with Gasteiger partial charge in [0.2, 0.25) is 0 Å². The zero-order valence-corrected chi connectivity index (χ0v) is 6.80. The van der Waals surface area contributed by atoms with Crippen LogP contribution in [-0.2, 0) is 0 Å². The van der Waals surface area contributed by atoms with Crippen molar-refractivity contribution in [2.75, 3.05) is 14.1 Å². The summed E-state index contributed by atoms with van der Waals surface area (Å²) in [4.78, 5) is 4.03. The van der Waals surface area contributed by atoms with Gasteiger partial charge in [-0.15, -0.1) is 11.3 Å². The minimum Gasteiger partial charge on any atom is -0.303 e. The van der Waals surface area contributed by atoms with E-state index in [-0.39, 0.29) is 0 Å². The Hall–Kier alpha value is -0.900. The summed E-state index contributed by atoms with van der Waals surface area (Å²) in [5, 5.41) is 8.63. The molecule has 0 bridgehead atoms. The maximum Gasteiger partial charge on any atom is 0.136 e. The molecule has 0 unspecified atom stereocenters. The number of nitrogens with zero attached hydrogens (tertiary/aromatic N) is 3. The van der Waals surface area contributed by atoms with Gasteiger partial charge in [-0.25, -0.2) is 4.98 Å². The maximum atomic E-state index is 4.03. The van der Waals surface area contributed by atoms with E-state index in [9.17, 15) is 0 Å². The van der Waals surface area contributed by atoms with E-state index in [0.29, 0.717) is 0 Å². The Labute approximate surface area is 64.0 Å². The van der Waals surface area contributed by atoms with E-state index in [1.165, 1.54) is 0 Å². The first-order valence-corrected chi connectivity index (χ1v) is 3.78. The second-order valence-corrected chi connectivity index (χ2v) is 2.89. The molecule has 0 atom stereocenters. The molecule has 10 heavy (non-hydrogen) atoms. The summed E-state index contributed by atoms with van der Waals surface area (Å²) in [5.41, 5.74) is 0. The largest absolute Gasteiger partial charge is 0.303 e. The summed E-state index contributed by atoms with van der Waals surface area (Å²) in [5.74, 6) is 0. The van der Waals surface area contributed by atoms with Gasteiger partial charge in [-0.1, -0.05) is 0 Å². The van der Waals surface area contributed by atoms with Crippen molar-refractivity contribution in [3.8, 4) is 0 Å². The lowest BCUT2D eigenvalue weighted by atomic mass is 10.8. The van der Waals surface area contributed by atoms with Gasteiger partial charge in [0.25, 0.3) is 0 Å². The zero-order chi connectivity index (χ0) is 7.40. The highest BCUT2D eigenvalue weighted by atomic mass is 32.1. The van der Waals surface area contributed by atoms with Gasteiger partial charge in [-0.05, 0) is 0 Å². The molecule has 1 aromatic rings. The molecule has 54 valence electrons. The Morgan fingerprint density at radius 1 is 1.70 bits per heavy atom. The van der Waals surface area contributed by atoms with Crippen LogP contribution in [0.4, 0.5) is 0 Å². The highest BCUT2D eigenvalue weighted by Gasteiger charge is 1.86. The average Bonchev–Trinajstić information content (AvgIpc) is 2.34. The second-order valence-electron chi connectivity index (χ2n) is 1.96. The van der Waals surface area contributed by atoms with Gasteiger partial charge in [0.05, 0.1) is 6.21 Å². The fraction of sp³-hybridized carbons (Fsp3) is 0.333. The molecule has 0 spiro atoms. The first-order chi connectivity index (χ1) is 4.79. The van der Waals surface area contributed by atoms with Crippen LogP contribution in [0, 0.1) is 0 Å². The molecule has 0 amide bonds. The first kappa shape index (κ1) is 7.21. The third kappa shape index (κ3) is 2.14. The van der Waals surface area contributed by atoms with E-state index in [1.807, 2.05) is 19.5 Å². The van der Waals surface area contributed by atoms with Crippen LogP contribution in [0.5, 0.6) is 0 Å². The summed E-state index contributed by atoms with van der Waals surface area (Å²) in [6.07, 6.45) is 3.51. The zero-order valence-electron chi connectivity index (χ0n) is 5.98. The van der Waals surface area contributed by atoms with E-state index in [4.69, 9.17) is 0 Å². The summed E-state index contributed by atoms with van der Waals surface area (Å²) >= 11 is 1.58. The van der Waals surface area contributed by atoms with Crippen molar-refractivity contribution in [1.29, 1.82) is 0 Å². The minimum absolute atomic E-state index is 0.939. The lowest BCUT2D eigenvalue weighted by Gasteiger charge is -1.99. The quantitative estimate of drug-likeness (QED) is 0.471. The molecule has 0 saturated heterocycles. The minimum atomic E-state index is 0.939. The molecule has 4 heteroatoms. The Morgan fingerprint density at radius 3 is 3.00 bits per heavy atom. The number of aromatic nitrogens is 1. The van der Waals surface area contributed by atoms with Crippen LogP contribution < -0.4 is 0 Å². The van der Waals surface area contributed by atoms with Gasteiger partial charge >= 0.3 is 0 Å². The molecule has 0 fully saturated rings. The molecule has 0 saturated carbocycles. The second kappa shape index (κ2) is 3.31. The number of thiazole rings is 1. The third-order valence-electron chi connectivity index (χ3n) is 0.851. The molecule has 0 aliphatic rings. The molecule has 1 rings (SSSR count). The molecule has 0 aliphatic heterocycles. The standard InChI is InChI=1S/C6H9N3S/c1-9(2)8-5-6-7-3-4-10-6/h3-5H,1-2H3/b8-5+. The summed E-state index contributed by atoms with van der Waals surface area (Å²) in [6.45, 7) is 0. The van der Waals surface area contributed by atoms with Crippen LogP contribution in [0.3, 0.4) is 0 Å². The summed E-state index contributed by atoms with van der Waals surface area (Å²) < 4.78 is 0. The highest BCUT2D eigenvalue weighted by molar-refractivity contribution is 7.11. The lowest BCUT2D eigenvalue weighted by molar-refractivity contribution is 0.440. The highest BCUT2D eigenvalue weighted by Crippen LogP contribution is 1.99. The van der Waals surface area contributed by atoms with Gasteiger partial charge in [-0.3, -0.25) is 0 Å². The van der Waals surface area contributed by atoms with Crippen LogP contribution in [0.2, 0.25) is 0 Å². The molecule has 0 aromatic carbocycles. The van der Waals surface area contributed by atoms with Crippen LogP contribution >= 0.6 is 11.3 Å². The van der Waals surface area contributed by atoms with Crippen molar-refractivity contribution in [2.45, 2.75) is 0 Å². The van der Waals surface area contributed by atoms with Gasteiger partial charge in [0.15, 0.2) is 0 Å². The van der Waals surface area contributed by atoms with Gasteiger partial charge in [-0.2, -0.15) is 5.10 Å². The number of rotatable bonds is 2. The third-order valence-corrected chi connectivity index (χ3v) is 1.56. The van der Waals surface area contributed by atoms with E-state index in [2.05, 4.69) is 10.1 Å². The van der Waals surface area contributed by atoms with Gasteiger partial charge in [0, 0.05) is 25.7 Å². The molecule has 1 aromatic heterocycles. The van der Waals surface area contributed by atoms with Gasteiger partial charge in [0.1, 0.15) is 5.01 Å². The molecule has 3 nitrogen and oxygen atoms in total. The fourth-order valence-corrected chi connectivity index (χ4v) is 0.954. The number of hydrogen-bond donors (Lipinski definition) is 0. The SMILES string of the molecule is CN(C)/N=C/c1nccs1. The van der Waals surface area contributed by atoms with Crippen molar-refractivity contribution in [1.82, 2.24) is 9.99 Å². The predicted molar refractivity (Wildman–Crippen MR) is 43.4 cm³/mol. The van der Waals surface area contributed by atoms with Gasteiger partial charge < -0.3 is 5.01 Å². The lowest BCUT2D eigenvalue weighted by Crippen LogP contribution is -2.01. The van der Waals surface area contributed by atoms with Crippen molar-refractivity contribution < 1.29 is 0 Å². The van der Waals surface area contributed by atoms with Crippen LogP contribution in [0.15, 0.2) is 16.7 Å². The average molecular weight is 155 g/mol. The molecule has 0 aliphatic carbocycles. The Morgan fingerprint density at radius 2 is 2.50 bits per heavy atom. The van der Waals surface area contributed by atoms with Crippen LogP contribution in [-0.4, -0.2) is 30.3 Å². The molecule has 0 radical (unpaired) electrons. The van der Waals surface area contributed by atoms with Crippen molar-refractivity contribution in [3.05, 3.63) is 16.6 Å². The van der Waals surface area contributed by atoms with E-state index < -0.39 is 0 Å². The van der Waals surface area contributed by atoms with E-state index in [0.717, 1.165) is 5.01 Å².